The summed E-state index contributed by atoms with van der Waals surface area (Å²) in [5, 5.41) is 11.8. The summed E-state index contributed by atoms with van der Waals surface area (Å²) < 4.78 is 0. The van der Waals surface area contributed by atoms with Gasteiger partial charge in [0, 0.05) is 18.7 Å². The van der Waals surface area contributed by atoms with Gasteiger partial charge in [0.1, 0.15) is 0 Å². The van der Waals surface area contributed by atoms with Crippen LogP contribution in [0.3, 0.4) is 0 Å². The van der Waals surface area contributed by atoms with E-state index in [-0.39, 0.29) is 0 Å². The molecule has 19 heavy (non-hydrogen) atoms. The lowest BCUT2D eigenvalue weighted by Gasteiger charge is -2.18. The first-order valence-electron chi connectivity index (χ1n) is 6.27. The topological polar surface area (TPSA) is 35.8 Å². The van der Waals surface area contributed by atoms with Gasteiger partial charge in [-0.25, -0.2) is 0 Å². The number of benzene rings is 2. The number of hydrogen-bond acceptors (Lipinski definition) is 3. The van der Waals surface area contributed by atoms with Crippen LogP contribution in [0.2, 0.25) is 0 Å². The molecule has 0 amide bonds. The van der Waals surface area contributed by atoms with E-state index in [9.17, 15) is 0 Å². The highest BCUT2D eigenvalue weighted by atomic mass is 16.4. The zero-order valence-corrected chi connectivity index (χ0v) is 11.0. The van der Waals surface area contributed by atoms with Gasteiger partial charge in [0.25, 0.3) is 0 Å². The van der Waals surface area contributed by atoms with Crippen LogP contribution in [0, 0.1) is 0 Å². The molecule has 0 aliphatic rings. The van der Waals surface area contributed by atoms with Crippen LogP contribution in [0.25, 0.3) is 0 Å². The van der Waals surface area contributed by atoms with E-state index in [1.807, 2.05) is 24.3 Å². The smallest absolute Gasteiger partial charge is 0.0737 e. The molecule has 0 atom stereocenters. The first kappa shape index (κ1) is 13.3. The third kappa shape index (κ3) is 3.93. The third-order valence-electron chi connectivity index (χ3n) is 2.99. The van der Waals surface area contributed by atoms with E-state index in [0.29, 0.717) is 0 Å². The molecule has 0 saturated carbocycles. The monoisotopic (exact) mass is 254 g/mol. The molecule has 0 aliphatic carbocycles. The van der Waals surface area contributed by atoms with E-state index >= 15 is 0 Å². The summed E-state index contributed by atoms with van der Waals surface area (Å²) in [5.41, 5.74) is 3.39. The molecule has 0 aliphatic heterocycles. The van der Waals surface area contributed by atoms with Crippen molar-refractivity contribution in [3.8, 4) is 0 Å². The average Bonchev–Trinajstić information content (AvgIpc) is 2.42. The molecule has 0 heterocycles. The molecule has 1 N–H and O–H groups in total. The van der Waals surface area contributed by atoms with E-state index < -0.39 is 0 Å². The van der Waals surface area contributed by atoms with E-state index in [4.69, 9.17) is 5.21 Å². The molecule has 2 aromatic carbocycles. The maximum absolute atomic E-state index is 8.67. The second kappa shape index (κ2) is 6.71. The van der Waals surface area contributed by atoms with E-state index in [2.05, 4.69) is 47.4 Å². The van der Waals surface area contributed by atoms with Crippen molar-refractivity contribution in [3.05, 3.63) is 71.3 Å². The van der Waals surface area contributed by atoms with Crippen LogP contribution in [0.5, 0.6) is 0 Å². The quantitative estimate of drug-likeness (QED) is 0.505. The molecular formula is C16H18N2O. The van der Waals surface area contributed by atoms with Gasteiger partial charge in [0.15, 0.2) is 0 Å². The Morgan fingerprint density at radius 2 is 1.68 bits per heavy atom. The Bertz CT molecular complexity index is 537. The van der Waals surface area contributed by atoms with Crippen molar-refractivity contribution in [2.75, 3.05) is 7.05 Å². The Morgan fingerprint density at radius 3 is 2.42 bits per heavy atom. The zero-order valence-electron chi connectivity index (χ0n) is 11.0. The minimum absolute atomic E-state index is 0.817. The molecule has 98 valence electrons. The largest absolute Gasteiger partial charge is 0.411 e. The molecular weight excluding hydrogens is 236 g/mol. The standard InChI is InChI=1S/C16H18N2O/c1-18(12-14-7-3-2-4-8-14)13-16-10-6-5-9-15(16)11-17-19/h2-11,19H,12-13H2,1H3/b17-11+. The van der Waals surface area contributed by atoms with Crippen molar-refractivity contribution in [1.82, 2.24) is 4.90 Å². The maximum Gasteiger partial charge on any atom is 0.0737 e. The lowest BCUT2D eigenvalue weighted by Crippen LogP contribution is -2.18. The van der Waals surface area contributed by atoms with Crippen molar-refractivity contribution < 1.29 is 5.21 Å². The molecule has 0 aromatic heterocycles. The lowest BCUT2D eigenvalue weighted by molar-refractivity contribution is 0.317. The fourth-order valence-corrected chi connectivity index (χ4v) is 2.11. The summed E-state index contributed by atoms with van der Waals surface area (Å²) in [6, 6.07) is 18.3. The predicted molar refractivity (Wildman–Crippen MR) is 77.4 cm³/mol. The van der Waals surface area contributed by atoms with Crippen molar-refractivity contribution >= 4 is 6.21 Å². The molecule has 2 aromatic rings. The number of nitrogens with zero attached hydrogens (tertiary/aromatic N) is 2. The van der Waals surface area contributed by atoms with Crippen LogP contribution >= 0.6 is 0 Å². The summed E-state index contributed by atoms with van der Waals surface area (Å²) in [6.45, 7) is 1.71. The van der Waals surface area contributed by atoms with Gasteiger partial charge in [-0.3, -0.25) is 4.90 Å². The normalized spacial score (nSPS) is 11.3. The molecule has 0 saturated heterocycles. The second-order valence-electron chi connectivity index (χ2n) is 4.60. The van der Waals surface area contributed by atoms with Crippen LogP contribution in [0.15, 0.2) is 59.8 Å². The molecule has 0 unspecified atom stereocenters. The molecule has 3 heteroatoms. The Labute approximate surface area is 113 Å². The highest BCUT2D eigenvalue weighted by Crippen LogP contribution is 2.11. The molecule has 0 fully saturated rings. The lowest BCUT2D eigenvalue weighted by atomic mass is 10.1. The number of rotatable bonds is 5. The molecule has 2 rings (SSSR count). The van der Waals surface area contributed by atoms with Crippen LogP contribution in [0.1, 0.15) is 16.7 Å². The number of hydrogen-bond donors (Lipinski definition) is 1. The van der Waals surface area contributed by atoms with Crippen molar-refractivity contribution in [1.29, 1.82) is 0 Å². The van der Waals surface area contributed by atoms with E-state index in [1.165, 1.54) is 11.8 Å². The molecule has 3 nitrogen and oxygen atoms in total. The van der Waals surface area contributed by atoms with Crippen LogP contribution < -0.4 is 0 Å². The first-order valence-corrected chi connectivity index (χ1v) is 6.27. The Morgan fingerprint density at radius 1 is 1.00 bits per heavy atom. The van der Waals surface area contributed by atoms with Crippen LogP contribution in [-0.4, -0.2) is 23.4 Å². The average molecular weight is 254 g/mol. The van der Waals surface area contributed by atoms with E-state index in [0.717, 1.165) is 24.2 Å². The van der Waals surface area contributed by atoms with Gasteiger partial charge in [-0.1, -0.05) is 59.8 Å². The zero-order chi connectivity index (χ0) is 13.5. The summed E-state index contributed by atoms with van der Waals surface area (Å²) in [6.07, 6.45) is 1.48. The SMILES string of the molecule is CN(Cc1ccccc1)Cc1ccccc1/C=N/O. The van der Waals surface area contributed by atoms with Crippen LogP contribution in [0.4, 0.5) is 0 Å². The summed E-state index contributed by atoms with van der Waals surface area (Å²) in [5.74, 6) is 0. The fraction of sp³-hybridized carbons (Fsp3) is 0.188. The highest BCUT2D eigenvalue weighted by Gasteiger charge is 2.04. The molecule has 0 spiro atoms. The summed E-state index contributed by atoms with van der Waals surface area (Å²) in [4.78, 5) is 2.24. The van der Waals surface area contributed by atoms with Gasteiger partial charge in [0.2, 0.25) is 0 Å². The summed E-state index contributed by atoms with van der Waals surface area (Å²) in [7, 11) is 2.08. The van der Waals surface area contributed by atoms with E-state index in [1.54, 1.807) is 0 Å². The Balaban J connectivity index is 2.05. The minimum atomic E-state index is 0.817. The first-order chi connectivity index (χ1) is 9.29. The summed E-state index contributed by atoms with van der Waals surface area (Å²) >= 11 is 0. The Hall–Kier alpha value is -2.13. The second-order valence-corrected chi connectivity index (χ2v) is 4.60. The third-order valence-corrected chi connectivity index (χ3v) is 2.99. The van der Waals surface area contributed by atoms with Gasteiger partial charge in [-0.2, -0.15) is 0 Å². The predicted octanol–water partition coefficient (Wildman–Crippen LogP) is 3.13. The molecule has 0 bridgehead atoms. The molecule has 0 radical (unpaired) electrons. The van der Waals surface area contributed by atoms with Crippen LogP contribution in [-0.2, 0) is 13.1 Å². The number of oxime groups is 1. The van der Waals surface area contributed by atoms with Crippen molar-refractivity contribution in [2.24, 2.45) is 5.16 Å². The highest BCUT2D eigenvalue weighted by molar-refractivity contribution is 5.81. The van der Waals surface area contributed by atoms with Crippen molar-refractivity contribution in [2.45, 2.75) is 13.1 Å². The minimum Gasteiger partial charge on any atom is -0.411 e. The van der Waals surface area contributed by atoms with Gasteiger partial charge in [0.05, 0.1) is 6.21 Å². The fourth-order valence-electron chi connectivity index (χ4n) is 2.11. The Kier molecular flexibility index (Phi) is 4.70. The van der Waals surface area contributed by atoms with Gasteiger partial charge in [-0.05, 0) is 18.2 Å². The maximum atomic E-state index is 8.67. The van der Waals surface area contributed by atoms with Gasteiger partial charge < -0.3 is 5.21 Å². The van der Waals surface area contributed by atoms with Gasteiger partial charge >= 0.3 is 0 Å². The van der Waals surface area contributed by atoms with Crippen molar-refractivity contribution in [3.63, 3.8) is 0 Å². The van der Waals surface area contributed by atoms with Gasteiger partial charge in [-0.15, -0.1) is 0 Å².